The number of rotatable bonds is 7. The Balaban J connectivity index is 1.52. The van der Waals surface area contributed by atoms with E-state index in [1.54, 1.807) is 6.08 Å². The second-order valence-electron chi connectivity index (χ2n) is 10.8. The standard InChI is InChI=1S/C26H35IO4/c1-7-17-9-20(27)23(21(10-17)29-8-2)30-15-22(28)31-26(24(4,5)6)16(3)12-25-13-18(25)11-19(26)14-25/h7,9-10,16,18-19H,1,8,11-15H2,2-6H3. The number of hydrogen-bond acceptors (Lipinski definition) is 4. The van der Waals surface area contributed by atoms with Crippen LogP contribution in [0, 0.1) is 32.2 Å². The summed E-state index contributed by atoms with van der Waals surface area (Å²) in [5.41, 5.74) is 0.951. The first kappa shape index (κ1) is 22.9. The van der Waals surface area contributed by atoms with Crippen molar-refractivity contribution in [2.45, 2.75) is 65.9 Å². The third-order valence-corrected chi connectivity index (χ3v) is 8.79. The van der Waals surface area contributed by atoms with E-state index >= 15 is 0 Å². The van der Waals surface area contributed by atoms with Crippen LogP contribution in [0.2, 0.25) is 0 Å². The van der Waals surface area contributed by atoms with E-state index in [9.17, 15) is 4.79 Å². The highest BCUT2D eigenvalue weighted by atomic mass is 127. The molecule has 3 fully saturated rings. The number of ether oxygens (including phenoxy) is 3. The van der Waals surface area contributed by atoms with Crippen LogP contribution in [0.25, 0.3) is 6.08 Å². The highest BCUT2D eigenvalue weighted by molar-refractivity contribution is 14.1. The van der Waals surface area contributed by atoms with Gasteiger partial charge >= 0.3 is 5.97 Å². The normalized spacial score (nSPS) is 33.4. The van der Waals surface area contributed by atoms with Crippen molar-refractivity contribution >= 4 is 34.6 Å². The van der Waals surface area contributed by atoms with Crippen molar-refractivity contribution in [1.29, 1.82) is 0 Å². The minimum atomic E-state index is -0.436. The molecule has 5 heteroatoms. The Bertz CT molecular complexity index is 888. The summed E-state index contributed by atoms with van der Waals surface area (Å²) in [6, 6.07) is 3.87. The molecule has 2 bridgehead atoms. The molecule has 0 amide bonds. The molecule has 3 aliphatic carbocycles. The lowest BCUT2D eigenvalue weighted by atomic mass is 9.56. The van der Waals surface area contributed by atoms with E-state index in [2.05, 4.69) is 56.9 Å². The number of fused-ring (bicyclic) bond motifs is 1. The van der Waals surface area contributed by atoms with E-state index in [-0.39, 0.29) is 18.0 Å². The first-order valence-electron chi connectivity index (χ1n) is 11.5. The molecule has 0 heterocycles. The number of hydrogen-bond donors (Lipinski definition) is 0. The summed E-state index contributed by atoms with van der Waals surface area (Å²) < 4.78 is 19.1. The van der Waals surface area contributed by atoms with Gasteiger partial charge in [0.05, 0.1) is 10.2 Å². The molecule has 1 aromatic rings. The lowest BCUT2D eigenvalue weighted by Crippen LogP contribution is -2.59. The van der Waals surface area contributed by atoms with Gasteiger partial charge in [0, 0.05) is 11.3 Å². The number of esters is 1. The van der Waals surface area contributed by atoms with Crippen molar-refractivity contribution in [2.75, 3.05) is 13.2 Å². The summed E-state index contributed by atoms with van der Waals surface area (Å²) in [4.78, 5) is 13.1. The van der Waals surface area contributed by atoms with Gasteiger partial charge in [-0.15, -0.1) is 0 Å². The molecule has 3 saturated carbocycles. The fraction of sp³-hybridized carbons (Fsp3) is 0.654. The second kappa shape index (κ2) is 7.96. The van der Waals surface area contributed by atoms with Crippen LogP contribution in [-0.4, -0.2) is 24.8 Å². The third kappa shape index (κ3) is 3.79. The average Bonchev–Trinajstić information content (AvgIpc) is 3.23. The number of halogens is 1. The third-order valence-electron chi connectivity index (χ3n) is 7.99. The van der Waals surface area contributed by atoms with Gasteiger partial charge in [0.1, 0.15) is 5.60 Å². The molecule has 0 aromatic heterocycles. The quantitative estimate of drug-likeness (QED) is 0.294. The zero-order valence-electron chi connectivity index (χ0n) is 19.4. The zero-order valence-corrected chi connectivity index (χ0v) is 21.6. The van der Waals surface area contributed by atoms with Crippen LogP contribution in [-0.2, 0) is 9.53 Å². The minimum absolute atomic E-state index is 0.116. The SMILES string of the molecule is C=Cc1cc(I)c(OCC(=O)OC2(C(C)(C)C)C(C)CC34CC3CC2C4)c(OCC)c1. The molecular formula is C26H35IO4. The summed E-state index contributed by atoms with van der Waals surface area (Å²) in [5.74, 6) is 2.58. The van der Waals surface area contributed by atoms with Gasteiger partial charge in [0.2, 0.25) is 0 Å². The Hall–Kier alpha value is -1.24. The van der Waals surface area contributed by atoms with E-state index in [4.69, 9.17) is 14.2 Å². The second-order valence-corrected chi connectivity index (χ2v) is 11.9. The first-order valence-corrected chi connectivity index (χ1v) is 12.6. The Kier molecular flexibility index (Phi) is 5.89. The van der Waals surface area contributed by atoms with Crippen LogP contribution in [0.4, 0.5) is 0 Å². The molecule has 0 N–H and O–H groups in total. The predicted molar refractivity (Wildman–Crippen MR) is 131 cm³/mol. The summed E-state index contributed by atoms with van der Waals surface area (Å²) >= 11 is 2.21. The van der Waals surface area contributed by atoms with Crippen LogP contribution in [0.15, 0.2) is 18.7 Å². The molecule has 4 nitrogen and oxygen atoms in total. The van der Waals surface area contributed by atoms with Crippen LogP contribution in [0.5, 0.6) is 11.5 Å². The van der Waals surface area contributed by atoms with Crippen molar-refractivity contribution in [3.05, 3.63) is 27.8 Å². The average molecular weight is 538 g/mol. The van der Waals surface area contributed by atoms with Crippen molar-refractivity contribution in [3.63, 3.8) is 0 Å². The highest BCUT2D eigenvalue weighted by Crippen LogP contribution is 2.76. The van der Waals surface area contributed by atoms with Gasteiger partial charge < -0.3 is 14.2 Å². The van der Waals surface area contributed by atoms with Gasteiger partial charge in [-0.2, -0.15) is 0 Å². The molecule has 3 aliphatic rings. The van der Waals surface area contributed by atoms with Gasteiger partial charge in [-0.05, 0) is 90.1 Å². The van der Waals surface area contributed by atoms with Crippen LogP contribution in [0.3, 0.4) is 0 Å². The minimum Gasteiger partial charge on any atom is -0.490 e. The Labute approximate surface area is 200 Å². The lowest BCUT2D eigenvalue weighted by Gasteiger charge is -2.55. The molecule has 0 aliphatic heterocycles. The molecule has 170 valence electrons. The van der Waals surface area contributed by atoms with Gasteiger partial charge in [0.15, 0.2) is 18.1 Å². The largest absolute Gasteiger partial charge is 0.490 e. The number of carbonyl (C=O) groups excluding carboxylic acids is 1. The van der Waals surface area contributed by atoms with Crippen molar-refractivity contribution in [2.24, 2.45) is 28.6 Å². The van der Waals surface area contributed by atoms with Gasteiger partial charge in [-0.25, -0.2) is 4.79 Å². The summed E-state index contributed by atoms with van der Waals surface area (Å²) in [6.45, 7) is 15.1. The van der Waals surface area contributed by atoms with Gasteiger partial charge in [-0.3, -0.25) is 0 Å². The maximum absolute atomic E-state index is 13.1. The molecule has 1 spiro atoms. The van der Waals surface area contributed by atoms with Crippen LogP contribution >= 0.6 is 22.6 Å². The molecule has 5 unspecified atom stereocenters. The van der Waals surface area contributed by atoms with Crippen LogP contribution < -0.4 is 9.47 Å². The summed E-state index contributed by atoms with van der Waals surface area (Å²) in [5, 5.41) is 0. The molecule has 0 saturated heterocycles. The van der Waals surface area contributed by atoms with Gasteiger partial charge in [-0.1, -0.05) is 40.3 Å². The smallest absolute Gasteiger partial charge is 0.344 e. The molecule has 0 radical (unpaired) electrons. The highest BCUT2D eigenvalue weighted by Gasteiger charge is 2.72. The lowest BCUT2D eigenvalue weighted by molar-refractivity contribution is -0.211. The summed E-state index contributed by atoms with van der Waals surface area (Å²) in [7, 11) is 0. The zero-order chi connectivity index (χ0) is 22.6. The van der Waals surface area contributed by atoms with E-state index in [1.165, 1.54) is 25.7 Å². The van der Waals surface area contributed by atoms with Crippen molar-refractivity contribution in [3.8, 4) is 11.5 Å². The molecule has 4 rings (SSSR count). The molecule has 1 aromatic carbocycles. The van der Waals surface area contributed by atoms with Crippen LogP contribution in [0.1, 0.15) is 65.9 Å². The Morgan fingerprint density at radius 3 is 2.58 bits per heavy atom. The summed E-state index contributed by atoms with van der Waals surface area (Å²) in [6.07, 6.45) is 6.74. The number of benzene rings is 1. The van der Waals surface area contributed by atoms with E-state index in [0.717, 1.165) is 15.1 Å². The Morgan fingerprint density at radius 1 is 1.23 bits per heavy atom. The predicted octanol–water partition coefficient (Wildman–Crippen LogP) is 6.50. The number of carbonyl (C=O) groups is 1. The fourth-order valence-electron chi connectivity index (χ4n) is 6.90. The van der Waals surface area contributed by atoms with E-state index < -0.39 is 5.60 Å². The molecule has 31 heavy (non-hydrogen) atoms. The maximum Gasteiger partial charge on any atom is 0.344 e. The maximum atomic E-state index is 13.1. The first-order chi connectivity index (χ1) is 14.6. The monoisotopic (exact) mass is 538 g/mol. The van der Waals surface area contributed by atoms with Crippen molar-refractivity contribution < 1.29 is 19.0 Å². The van der Waals surface area contributed by atoms with E-state index in [0.29, 0.717) is 35.4 Å². The molecule has 5 atom stereocenters. The van der Waals surface area contributed by atoms with Gasteiger partial charge in [0.25, 0.3) is 0 Å². The Morgan fingerprint density at radius 2 is 1.94 bits per heavy atom. The fourth-order valence-corrected chi connectivity index (χ4v) is 7.68. The molecular weight excluding hydrogens is 503 g/mol. The van der Waals surface area contributed by atoms with E-state index in [1.807, 2.05) is 19.1 Å². The topological polar surface area (TPSA) is 44.8 Å². The van der Waals surface area contributed by atoms with Crippen molar-refractivity contribution in [1.82, 2.24) is 0 Å².